The molecule has 7 nitrogen and oxygen atoms in total. The first-order valence-corrected chi connectivity index (χ1v) is 3.57. The van der Waals surface area contributed by atoms with Crippen LogP contribution in [0.5, 0.6) is 0 Å². The zero-order valence-electron chi connectivity index (χ0n) is 6.27. The first kappa shape index (κ1) is 7.19. The maximum absolute atomic E-state index is 11.2. The first-order valence-electron chi connectivity index (χ1n) is 3.57. The lowest BCUT2D eigenvalue weighted by Gasteiger charge is -2.25. The van der Waals surface area contributed by atoms with E-state index in [4.69, 9.17) is 5.84 Å². The van der Waals surface area contributed by atoms with Gasteiger partial charge in [0.05, 0.1) is 6.67 Å². The molecule has 2 heterocycles. The Kier molecular flexibility index (Phi) is 1.52. The van der Waals surface area contributed by atoms with E-state index in [9.17, 15) is 4.79 Å². The highest BCUT2D eigenvalue weighted by Crippen LogP contribution is 2.04. The van der Waals surface area contributed by atoms with E-state index in [0.29, 0.717) is 18.2 Å². The Morgan fingerprint density at radius 2 is 2.25 bits per heavy atom. The minimum atomic E-state index is -0.413. The molecule has 1 amide bonds. The zero-order valence-corrected chi connectivity index (χ0v) is 6.27. The third-order valence-corrected chi connectivity index (χ3v) is 1.74. The summed E-state index contributed by atoms with van der Waals surface area (Å²) in [5.41, 5.74) is 2.93. The lowest BCUT2D eigenvalue weighted by molar-refractivity contribution is -0.119. The summed E-state index contributed by atoms with van der Waals surface area (Å²) in [7, 11) is 0. The van der Waals surface area contributed by atoms with Gasteiger partial charge in [0.1, 0.15) is 11.5 Å². The fourth-order valence-corrected chi connectivity index (χ4v) is 1.18. The molecule has 0 aromatic carbocycles. The van der Waals surface area contributed by atoms with E-state index < -0.39 is 6.29 Å². The average molecular weight is 170 g/mol. The highest BCUT2D eigenvalue weighted by atomic mass is 16.2. The molecule has 2 rings (SSSR count). The lowest BCUT2D eigenvalue weighted by atomic mass is 10.3. The van der Waals surface area contributed by atoms with E-state index in [1.807, 2.05) is 0 Å². The summed E-state index contributed by atoms with van der Waals surface area (Å²) >= 11 is 0. The Bertz CT molecular complexity index is 248. The van der Waals surface area contributed by atoms with Crippen LogP contribution in [-0.2, 0) is 4.79 Å². The third kappa shape index (κ3) is 0.953. The summed E-state index contributed by atoms with van der Waals surface area (Å²) in [6, 6.07) is 0. The lowest BCUT2D eigenvalue weighted by Crippen LogP contribution is -2.61. The van der Waals surface area contributed by atoms with Crippen LogP contribution in [0.3, 0.4) is 0 Å². The summed E-state index contributed by atoms with van der Waals surface area (Å²) in [4.78, 5) is 11.2. The normalized spacial score (nSPS) is 26.8. The number of hydrogen-bond acceptors (Lipinski definition) is 6. The zero-order chi connectivity index (χ0) is 8.55. The second-order valence-corrected chi connectivity index (χ2v) is 2.50. The molecule has 0 fully saturated rings. The van der Waals surface area contributed by atoms with Crippen LogP contribution in [0.4, 0.5) is 0 Å². The molecule has 1 atom stereocenters. The number of carbonyl (C=O) groups excluding carboxylic acids is 1. The predicted octanol–water partition coefficient (Wildman–Crippen LogP) is -3.23. The van der Waals surface area contributed by atoms with Gasteiger partial charge in [0.15, 0.2) is 6.29 Å². The fraction of sp³-hybridized carbons (Fsp3) is 0.400. The van der Waals surface area contributed by atoms with E-state index in [1.54, 1.807) is 0 Å². The Labute approximate surface area is 68.7 Å². The standard InChI is InChI=1S/C5H10N6O/c6-11-5-9-3-2(4(12)10-5)7-1-8-3/h5,7-9,11H,1,6H2,(H,10,12). The smallest absolute Gasteiger partial charge is 0.273 e. The van der Waals surface area contributed by atoms with Crippen molar-refractivity contribution in [2.75, 3.05) is 6.67 Å². The van der Waals surface area contributed by atoms with Crippen molar-refractivity contribution in [1.82, 2.24) is 26.7 Å². The Balaban J connectivity index is 2.19. The number of hydrogen-bond donors (Lipinski definition) is 6. The van der Waals surface area contributed by atoms with Crippen molar-refractivity contribution in [2.45, 2.75) is 6.29 Å². The number of nitrogens with two attached hydrogens (primary N) is 1. The number of amides is 1. The quantitative estimate of drug-likeness (QED) is 0.183. The van der Waals surface area contributed by atoms with Crippen molar-refractivity contribution in [3.63, 3.8) is 0 Å². The fourth-order valence-electron chi connectivity index (χ4n) is 1.18. The maximum Gasteiger partial charge on any atom is 0.273 e. The Hall–Kier alpha value is -1.47. The molecule has 12 heavy (non-hydrogen) atoms. The SMILES string of the molecule is NNC1NC(=O)C2=C(NCN2)N1. The van der Waals surface area contributed by atoms with Crippen LogP contribution in [0.1, 0.15) is 0 Å². The molecule has 0 aromatic heterocycles. The van der Waals surface area contributed by atoms with Gasteiger partial charge in [-0.05, 0) is 0 Å². The van der Waals surface area contributed by atoms with Crippen LogP contribution in [0.2, 0.25) is 0 Å². The number of nitrogens with one attached hydrogen (secondary N) is 5. The third-order valence-electron chi connectivity index (χ3n) is 1.74. The molecule has 0 spiro atoms. The van der Waals surface area contributed by atoms with Gasteiger partial charge in [0.2, 0.25) is 0 Å². The number of rotatable bonds is 1. The second kappa shape index (κ2) is 2.54. The Morgan fingerprint density at radius 1 is 1.42 bits per heavy atom. The molecular weight excluding hydrogens is 160 g/mol. The summed E-state index contributed by atoms with van der Waals surface area (Å²) < 4.78 is 0. The topological polar surface area (TPSA) is 103 Å². The molecule has 0 aromatic rings. The van der Waals surface area contributed by atoms with Gasteiger partial charge in [0.25, 0.3) is 5.91 Å². The van der Waals surface area contributed by atoms with Crippen LogP contribution in [0.25, 0.3) is 0 Å². The Morgan fingerprint density at radius 3 is 3.00 bits per heavy atom. The molecule has 66 valence electrons. The van der Waals surface area contributed by atoms with Crippen molar-refractivity contribution >= 4 is 5.91 Å². The number of carbonyl (C=O) groups is 1. The van der Waals surface area contributed by atoms with Gasteiger partial charge in [-0.3, -0.25) is 10.6 Å². The van der Waals surface area contributed by atoms with Crippen molar-refractivity contribution in [1.29, 1.82) is 0 Å². The van der Waals surface area contributed by atoms with Gasteiger partial charge in [-0.2, -0.15) is 0 Å². The molecular formula is C5H10N6O. The van der Waals surface area contributed by atoms with Crippen molar-refractivity contribution in [3.8, 4) is 0 Å². The molecule has 7 N–H and O–H groups in total. The van der Waals surface area contributed by atoms with Gasteiger partial charge >= 0.3 is 0 Å². The van der Waals surface area contributed by atoms with E-state index in [1.165, 1.54) is 0 Å². The molecule has 0 aliphatic carbocycles. The minimum absolute atomic E-state index is 0.170. The van der Waals surface area contributed by atoms with Gasteiger partial charge in [0, 0.05) is 0 Å². The molecule has 2 aliphatic heterocycles. The largest absolute Gasteiger partial charge is 0.360 e. The van der Waals surface area contributed by atoms with Gasteiger partial charge in [-0.25, -0.2) is 5.43 Å². The summed E-state index contributed by atoms with van der Waals surface area (Å²) in [5, 5.41) is 11.4. The van der Waals surface area contributed by atoms with Crippen LogP contribution < -0.4 is 32.5 Å². The predicted molar refractivity (Wildman–Crippen MR) is 40.6 cm³/mol. The summed E-state index contributed by atoms with van der Waals surface area (Å²) in [6.45, 7) is 0.558. The van der Waals surface area contributed by atoms with Crippen LogP contribution in [0, 0.1) is 0 Å². The van der Waals surface area contributed by atoms with Crippen LogP contribution in [-0.4, -0.2) is 18.9 Å². The minimum Gasteiger partial charge on any atom is -0.360 e. The van der Waals surface area contributed by atoms with Gasteiger partial charge < -0.3 is 21.3 Å². The van der Waals surface area contributed by atoms with Crippen LogP contribution >= 0.6 is 0 Å². The number of hydrazine groups is 1. The summed E-state index contributed by atoms with van der Waals surface area (Å²) in [5.74, 6) is 5.66. The highest BCUT2D eigenvalue weighted by molar-refractivity contribution is 5.94. The van der Waals surface area contributed by atoms with E-state index >= 15 is 0 Å². The molecule has 0 radical (unpaired) electrons. The highest BCUT2D eigenvalue weighted by Gasteiger charge is 2.28. The van der Waals surface area contributed by atoms with Crippen molar-refractivity contribution < 1.29 is 4.79 Å². The van der Waals surface area contributed by atoms with E-state index in [-0.39, 0.29) is 5.91 Å². The van der Waals surface area contributed by atoms with E-state index in [0.717, 1.165) is 0 Å². The van der Waals surface area contributed by atoms with Gasteiger partial charge in [-0.15, -0.1) is 0 Å². The second-order valence-electron chi connectivity index (χ2n) is 2.50. The average Bonchev–Trinajstić information content (AvgIpc) is 2.52. The van der Waals surface area contributed by atoms with E-state index in [2.05, 4.69) is 26.7 Å². The molecule has 0 bridgehead atoms. The van der Waals surface area contributed by atoms with Gasteiger partial charge in [-0.1, -0.05) is 0 Å². The summed E-state index contributed by atoms with van der Waals surface area (Å²) in [6.07, 6.45) is -0.413. The van der Waals surface area contributed by atoms with Crippen molar-refractivity contribution in [3.05, 3.63) is 11.5 Å². The maximum atomic E-state index is 11.2. The first-order chi connectivity index (χ1) is 5.81. The van der Waals surface area contributed by atoms with Crippen molar-refractivity contribution in [2.24, 2.45) is 5.84 Å². The molecule has 2 aliphatic rings. The monoisotopic (exact) mass is 170 g/mol. The van der Waals surface area contributed by atoms with Crippen LogP contribution in [0.15, 0.2) is 11.5 Å². The molecule has 1 unspecified atom stereocenters. The molecule has 0 saturated heterocycles. The molecule has 0 saturated carbocycles. The molecule has 7 heteroatoms.